The Morgan fingerprint density at radius 2 is 2.07 bits per heavy atom. The number of carboxylic acids is 1. The van der Waals surface area contributed by atoms with E-state index in [4.69, 9.17) is 20.3 Å². The highest BCUT2D eigenvalue weighted by Gasteiger charge is 2.44. The first kappa shape index (κ1) is 9.89. The third-order valence-electron chi connectivity index (χ3n) is 2.97. The molecule has 0 amide bonds. The molecule has 0 bridgehead atoms. The molecule has 0 radical (unpaired) electrons. The number of aliphatic carboxylic acids is 1. The van der Waals surface area contributed by atoms with Crippen molar-refractivity contribution in [2.24, 2.45) is 11.7 Å². The van der Waals surface area contributed by atoms with Crippen LogP contribution in [-0.4, -0.2) is 29.7 Å². The fourth-order valence-corrected chi connectivity index (χ4v) is 2.14. The maximum Gasteiger partial charge on any atom is 0.306 e. The van der Waals surface area contributed by atoms with E-state index in [0.717, 1.165) is 0 Å². The quantitative estimate of drug-likeness (QED) is 0.637. The minimum Gasteiger partial charge on any atom is -0.481 e. The summed E-state index contributed by atoms with van der Waals surface area (Å²) in [6.45, 7) is 0.414. The van der Waals surface area contributed by atoms with Gasteiger partial charge in [-0.2, -0.15) is 0 Å². The van der Waals surface area contributed by atoms with E-state index in [1.807, 2.05) is 0 Å². The predicted molar refractivity (Wildman–Crippen MR) is 47.3 cm³/mol. The van der Waals surface area contributed by atoms with Gasteiger partial charge in [-0.1, -0.05) is 0 Å². The summed E-state index contributed by atoms with van der Waals surface area (Å²) in [5.74, 6) is -1.54. The van der Waals surface area contributed by atoms with Gasteiger partial charge in [0, 0.05) is 12.8 Å². The Bertz CT molecular complexity index is 235. The Morgan fingerprint density at radius 1 is 1.43 bits per heavy atom. The van der Waals surface area contributed by atoms with Crippen molar-refractivity contribution in [3.63, 3.8) is 0 Å². The van der Waals surface area contributed by atoms with Gasteiger partial charge in [-0.3, -0.25) is 4.79 Å². The van der Waals surface area contributed by atoms with Gasteiger partial charge >= 0.3 is 5.97 Å². The van der Waals surface area contributed by atoms with E-state index in [0.29, 0.717) is 32.3 Å². The maximum absolute atomic E-state index is 10.7. The van der Waals surface area contributed by atoms with Gasteiger partial charge in [0.15, 0.2) is 5.79 Å². The van der Waals surface area contributed by atoms with Crippen LogP contribution in [0.2, 0.25) is 0 Å². The lowest BCUT2D eigenvalue weighted by Gasteiger charge is -2.33. The average molecular weight is 201 g/mol. The summed E-state index contributed by atoms with van der Waals surface area (Å²) in [5.41, 5.74) is 5.57. The van der Waals surface area contributed by atoms with Crippen molar-refractivity contribution in [3.8, 4) is 0 Å². The lowest BCUT2D eigenvalue weighted by molar-refractivity contribution is -0.194. The third-order valence-corrected chi connectivity index (χ3v) is 2.97. The first-order chi connectivity index (χ1) is 6.61. The van der Waals surface area contributed by atoms with E-state index < -0.39 is 11.8 Å². The highest BCUT2D eigenvalue weighted by atomic mass is 16.7. The standard InChI is InChI=1S/C9H15NO4/c10-7-5-13-9(14-7)3-1-6(2-4-9)8(11)12/h6-7H,1-5,10H2,(H,11,12). The molecule has 1 saturated carbocycles. The number of rotatable bonds is 1. The highest BCUT2D eigenvalue weighted by molar-refractivity contribution is 5.70. The molecule has 2 aliphatic rings. The summed E-state index contributed by atoms with van der Waals surface area (Å²) in [6.07, 6.45) is 2.15. The molecule has 2 fully saturated rings. The van der Waals surface area contributed by atoms with Crippen LogP contribution >= 0.6 is 0 Å². The SMILES string of the molecule is NC1COC2(CCC(C(=O)O)CC2)O1. The number of nitrogens with two attached hydrogens (primary N) is 1. The van der Waals surface area contributed by atoms with Crippen LogP contribution in [0.1, 0.15) is 25.7 Å². The van der Waals surface area contributed by atoms with Crippen molar-refractivity contribution >= 4 is 5.97 Å². The van der Waals surface area contributed by atoms with Gasteiger partial charge < -0.3 is 20.3 Å². The van der Waals surface area contributed by atoms with Crippen LogP contribution in [0, 0.1) is 5.92 Å². The Labute approximate surface area is 82.2 Å². The molecule has 1 aliphatic carbocycles. The summed E-state index contributed by atoms with van der Waals surface area (Å²) in [6, 6.07) is 0. The number of carbonyl (C=O) groups is 1. The molecule has 0 aromatic carbocycles. The highest BCUT2D eigenvalue weighted by Crippen LogP contribution is 2.39. The van der Waals surface area contributed by atoms with Crippen LogP contribution < -0.4 is 5.73 Å². The molecular weight excluding hydrogens is 186 g/mol. The zero-order valence-electron chi connectivity index (χ0n) is 7.94. The van der Waals surface area contributed by atoms with E-state index in [2.05, 4.69) is 0 Å². The van der Waals surface area contributed by atoms with E-state index in [-0.39, 0.29) is 12.1 Å². The first-order valence-corrected chi connectivity index (χ1v) is 4.91. The summed E-state index contributed by atoms with van der Waals surface area (Å²) >= 11 is 0. The molecule has 3 N–H and O–H groups in total. The normalized spacial score (nSPS) is 42.9. The molecule has 5 heteroatoms. The van der Waals surface area contributed by atoms with E-state index in [1.54, 1.807) is 0 Å². The number of hydrogen-bond acceptors (Lipinski definition) is 4. The molecule has 0 aromatic heterocycles. The molecule has 0 aromatic rings. The monoisotopic (exact) mass is 201 g/mol. The maximum atomic E-state index is 10.7. The summed E-state index contributed by atoms with van der Waals surface area (Å²) in [4.78, 5) is 10.7. The number of ether oxygens (including phenoxy) is 2. The van der Waals surface area contributed by atoms with Gasteiger partial charge in [0.1, 0.15) is 6.23 Å². The summed E-state index contributed by atoms with van der Waals surface area (Å²) in [7, 11) is 0. The number of hydrogen-bond donors (Lipinski definition) is 2. The second-order valence-electron chi connectivity index (χ2n) is 3.99. The lowest BCUT2D eigenvalue weighted by atomic mass is 9.85. The van der Waals surface area contributed by atoms with Crippen molar-refractivity contribution in [2.45, 2.75) is 37.7 Å². The van der Waals surface area contributed by atoms with Crippen LogP contribution in [0.25, 0.3) is 0 Å². The zero-order valence-corrected chi connectivity index (χ0v) is 7.94. The van der Waals surface area contributed by atoms with Crippen molar-refractivity contribution in [1.82, 2.24) is 0 Å². The second-order valence-corrected chi connectivity index (χ2v) is 3.99. The zero-order chi connectivity index (χ0) is 10.2. The Balaban J connectivity index is 1.92. The van der Waals surface area contributed by atoms with Crippen molar-refractivity contribution in [2.75, 3.05) is 6.61 Å². The number of carboxylic acid groups (broad SMARTS) is 1. The Kier molecular flexibility index (Phi) is 2.47. The van der Waals surface area contributed by atoms with E-state index >= 15 is 0 Å². The lowest BCUT2D eigenvalue weighted by Crippen LogP contribution is -2.38. The molecule has 14 heavy (non-hydrogen) atoms. The van der Waals surface area contributed by atoms with E-state index in [9.17, 15) is 4.79 Å². The topological polar surface area (TPSA) is 81.8 Å². The minimum atomic E-state index is -0.720. The van der Waals surface area contributed by atoms with Gasteiger partial charge in [0.05, 0.1) is 12.5 Å². The molecular formula is C9H15NO4. The molecule has 1 saturated heterocycles. The van der Waals surface area contributed by atoms with Crippen LogP contribution in [0.3, 0.4) is 0 Å². The Hall–Kier alpha value is -0.650. The van der Waals surface area contributed by atoms with Gasteiger partial charge in [-0.05, 0) is 12.8 Å². The molecule has 2 rings (SSSR count). The molecule has 1 atom stereocenters. The third kappa shape index (κ3) is 1.75. The van der Waals surface area contributed by atoms with Crippen LogP contribution in [0.5, 0.6) is 0 Å². The summed E-state index contributed by atoms with van der Waals surface area (Å²) < 4.78 is 11.0. The predicted octanol–water partition coefficient (Wildman–Crippen LogP) is 0.289. The molecule has 1 unspecified atom stereocenters. The van der Waals surface area contributed by atoms with Gasteiger partial charge in [0.2, 0.25) is 0 Å². The molecule has 5 nitrogen and oxygen atoms in total. The second kappa shape index (κ2) is 3.49. The van der Waals surface area contributed by atoms with Crippen LogP contribution in [0.15, 0.2) is 0 Å². The van der Waals surface area contributed by atoms with Gasteiger partial charge in [0.25, 0.3) is 0 Å². The van der Waals surface area contributed by atoms with Gasteiger partial charge in [-0.15, -0.1) is 0 Å². The fourth-order valence-electron chi connectivity index (χ4n) is 2.14. The molecule has 1 heterocycles. The van der Waals surface area contributed by atoms with Crippen molar-refractivity contribution in [1.29, 1.82) is 0 Å². The summed E-state index contributed by atoms with van der Waals surface area (Å²) in [5, 5.41) is 8.82. The molecule has 80 valence electrons. The Morgan fingerprint density at radius 3 is 2.50 bits per heavy atom. The van der Waals surface area contributed by atoms with Gasteiger partial charge in [-0.25, -0.2) is 0 Å². The molecule has 1 aliphatic heterocycles. The van der Waals surface area contributed by atoms with Crippen LogP contribution in [-0.2, 0) is 14.3 Å². The molecule has 1 spiro atoms. The largest absolute Gasteiger partial charge is 0.481 e. The minimum absolute atomic E-state index is 0.246. The average Bonchev–Trinajstić information content (AvgIpc) is 2.48. The van der Waals surface area contributed by atoms with Crippen LogP contribution in [0.4, 0.5) is 0 Å². The first-order valence-electron chi connectivity index (χ1n) is 4.91. The van der Waals surface area contributed by atoms with Crippen molar-refractivity contribution in [3.05, 3.63) is 0 Å². The van der Waals surface area contributed by atoms with Crippen molar-refractivity contribution < 1.29 is 19.4 Å². The van der Waals surface area contributed by atoms with E-state index in [1.165, 1.54) is 0 Å². The fraction of sp³-hybridized carbons (Fsp3) is 0.889. The smallest absolute Gasteiger partial charge is 0.306 e.